The van der Waals surface area contributed by atoms with E-state index in [1.807, 2.05) is 24.3 Å². The topological polar surface area (TPSA) is 73.2 Å². The second-order valence-corrected chi connectivity index (χ2v) is 5.59. The minimum absolute atomic E-state index is 0.144. The number of hydrogen-bond acceptors (Lipinski definition) is 4. The van der Waals surface area contributed by atoms with Crippen LogP contribution in [0, 0.1) is 0 Å². The maximum Gasteiger partial charge on any atom is 0.258 e. The van der Waals surface area contributed by atoms with Gasteiger partial charge in [0.15, 0.2) is 0 Å². The zero-order chi connectivity index (χ0) is 17.6. The highest BCUT2D eigenvalue weighted by Crippen LogP contribution is 2.16. The standard InChI is InChI=1S/C19H19N3O3/c1-25-11-10-21-18(23)17-13-22(12-14-6-4-5-9-20-14)19(24)16-8-3-2-7-15(16)17/h2-9,13H,10-12H2,1H3,(H,21,23). The van der Waals surface area contributed by atoms with Crippen LogP contribution in [0.3, 0.4) is 0 Å². The van der Waals surface area contributed by atoms with Crippen LogP contribution in [-0.2, 0) is 11.3 Å². The summed E-state index contributed by atoms with van der Waals surface area (Å²) in [5.41, 5.74) is 1.07. The van der Waals surface area contributed by atoms with Crippen LogP contribution in [0.1, 0.15) is 16.1 Å². The molecule has 6 nitrogen and oxygen atoms in total. The van der Waals surface area contributed by atoms with Gasteiger partial charge in [0.05, 0.1) is 24.4 Å². The highest BCUT2D eigenvalue weighted by atomic mass is 16.5. The lowest BCUT2D eigenvalue weighted by Gasteiger charge is -2.12. The highest BCUT2D eigenvalue weighted by Gasteiger charge is 2.14. The quantitative estimate of drug-likeness (QED) is 0.697. The molecule has 0 spiro atoms. The average molecular weight is 337 g/mol. The van der Waals surface area contributed by atoms with Crippen LogP contribution in [0.4, 0.5) is 0 Å². The minimum Gasteiger partial charge on any atom is -0.383 e. The minimum atomic E-state index is -0.233. The van der Waals surface area contributed by atoms with E-state index in [1.165, 1.54) is 4.57 Å². The third-order valence-electron chi connectivity index (χ3n) is 3.89. The molecule has 0 bridgehead atoms. The van der Waals surface area contributed by atoms with E-state index >= 15 is 0 Å². The Kier molecular flexibility index (Phi) is 5.20. The summed E-state index contributed by atoms with van der Waals surface area (Å²) in [5.74, 6) is -0.233. The van der Waals surface area contributed by atoms with Gasteiger partial charge in [-0.05, 0) is 18.2 Å². The maximum atomic E-state index is 12.8. The SMILES string of the molecule is COCCNC(=O)c1cn(Cc2ccccn2)c(=O)c2ccccc12. The van der Waals surface area contributed by atoms with Crippen molar-refractivity contribution in [3.05, 3.63) is 76.5 Å². The molecule has 0 aliphatic rings. The van der Waals surface area contributed by atoms with Crippen molar-refractivity contribution in [2.45, 2.75) is 6.54 Å². The molecule has 2 aromatic heterocycles. The van der Waals surface area contributed by atoms with Crippen molar-refractivity contribution in [3.63, 3.8) is 0 Å². The first-order valence-corrected chi connectivity index (χ1v) is 8.00. The molecule has 0 atom stereocenters. The molecule has 1 aromatic carbocycles. The van der Waals surface area contributed by atoms with E-state index in [2.05, 4.69) is 10.3 Å². The summed E-state index contributed by atoms with van der Waals surface area (Å²) in [6, 6.07) is 12.7. The van der Waals surface area contributed by atoms with Crippen LogP contribution in [-0.4, -0.2) is 35.7 Å². The molecule has 3 rings (SSSR count). The highest BCUT2D eigenvalue weighted by molar-refractivity contribution is 6.06. The molecule has 128 valence electrons. The number of nitrogens with one attached hydrogen (secondary N) is 1. The van der Waals surface area contributed by atoms with Crippen molar-refractivity contribution in [1.82, 2.24) is 14.9 Å². The number of benzene rings is 1. The fraction of sp³-hybridized carbons (Fsp3) is 0.211. The summed E-state index contributed by atoms with van der Waals surface area (Å²) in [5, 5.41) is 3.96. The molecule has 6 heteroatoms. The number of aromatic nitrogens is 2. The van der Waals surface area contributed by atoms with E-state index in [0.717, 1.165) is 5.69 Å². The summed E-state index contributed by atoms with van der Waals surface area (Å²) in [7, 11) is 1.58. The molecule has 0 radical (unpaired) electrons. The maximum absolute atomic E-state index is 12.8. The number of rotatable bonds is 6. The number of fused-ring (bicyclic) bond motifs is 1. The molecule has 25 heavy (non-hydrogen) atoms. The number of pyridine rings is 2. The Morgan fingerprint density at radius 2 is 1.92 bits per heavy atom. The van der Waals surface area contributed by atoms with Gasteiger partial charge in [0, 0.05) is 36.8 Å². The van der Waals surface area contributed by atoms with E-state index in [0.29, 0.717) is 36.0 Å². The van der Waals surface area contributed by atoms with Gasteiger partial charge < -0.3 is 14.6 Å². The molecule has 0 aliphatic carbocycles. The van der Waals surface area contributed by atoms with Gasteiger partial charge in [0.2, 0.25) is 0 Å². The molecule has 0 unspecified atom stereocenters. The van der Waals surface area contributed by atoms with Gasteiger partial charge in [-0.15, -0.1) is 0 Å². The summed E-state index contributed by atoms with van der Waals surface area (Å²) >= 11 is 0. The van der Waals surface area contributed by atoms with Crippen LogP contribution >= 0.6 is 0 Å². The lowest BCUT2D eigenvalue weighted by atomic mass is 10.1. The summed E-state index contributed by atoms with van der Waals surface area (Å²) in [4.78, 5) is 29.6. The second kappa shape index (κ2) is 7.72. The number of methoxy groups -OCH3 is 1. The van der Waals surface area contributed by atoms with Crippen molar-refractivity contribution in [2.24, 2.45) is 0 Å². The lowest BCUT2D eigenvalue weighted by molar-refractivity contribution is 0.0938. The van der Waals surface area contributed by atoms with Crippen molar-refractivity contribution >= 4 is 16.7 Å². The number of carbonyl (C=O) groups is 1. The van der Waals surface area contributed by atoms with E-state index < -0.39 is 0 Å². The Bertz CT molecular complexity index is 936. The van der Waals surface area contributed by atoms with Crippen LogP contribution < -0.4 is 10.9 Å². The van der Waals surface area contributed by atoms with Gasteiger partial charge in [-0.2, -0.15) is 0 Å². The Balaban J connectivity index is 2.04. The first-order valence-electron chi connectivity index (χ1n) is 8.00. The fourth-order valence-electron chi connectivity index (χ4n) is 2.67. The van der Waals surface area contributed by atoms with Gasteiger partial charge in [0.25, 0.3) is 11.5 Å². The molecule has 1 amide bonds. The Hall–Kier alpha value is -2.99. The molecule has 1 N–H and O–H groups in total. The molecule has 0 saturated carbocycles. The van der Waals surface area contributed by atoms with Gasteiger partial charge in [-0.1, -0.05) is 24.3 Å². The smallest absolute Gasteiger partial charge is 0.258 e. The second-order valence-electron chi connectivity index (χ2n) is 5.59. The van der Waals surface area contributed by atoms with Crippen molar-refractivity contribution in [3.8, 4) is 0 Å². The van der Waals surface area contributed by atoms with E-state index in [1.54, 1.807) is 37.7 Å². The number of ether oxygens (including phenoxy) is 1. The Morgan fingerprint density at radius 3 is 2.64 bits per heavy atom. The van der Waals surface area contributed by atoms with Crippen LogP contribution in [0.5, 0.6) is 0 Å². The molecular weight excluding hydrogens is 318 g/mol. The Labute approximate surface area is 145 Å². The zero-order valence-electron chi connectivity index (χ0n) is 13.9. The molecule has 0 aliphatic heterocycles. The van der Waals surface area contributed by atoms with Crippen molar-refractivity contribution in [2.75, 3.05) is 20.3 Å². The summed E-state index contributed by atoms with van der Waals surface area (Å²) in [6.45, 7) is 1.14. The number of hydrogen-bond donors (Lipinski definition) is 1. The van der Waals surface area contributed by atoms with Gasteiger partial charge >= 0.3 is 0 Å². The largest absolute Gasteiger partial charge is 0.383 e. The molecular formula is C19H19N3O3. The monoisotopic (exact) mass is 337 g/mol. The Morgan fingerprint density at radius 1 is 1.16 bits per heavy atom. The normalized spacial score (nSPS) is 10.8. The predicted octanol–water partition coefficient (Wildman–Crippen LogP) is 1.82. The zero-order valence-corrected chi connectivity index (χ0v) is 13.9. The van der Waals surface area contributed by atoms with Crippen LogP contribution in [0.25, 0.3) is 10.8 Å². The van der Waals surface area contributed by atoms with Gasteiger partial charge in [-0.25, -0.2) is 0 Å². The van der Waals surface area contributed by atoms with Crippen LogP contribution in [0.15, 0.2) is 59.7 Å². The fourth-order valence-corrected chi connectivity index (χ4v) is 2.67. The van der Waals surface area contributed by atoms with Gasteiger partial charge in [0.1, 0.15) is 0 Å². The van der Waals surface area contributed by atoms with Crippen molar-refractivity contribution in [1.29, 1.82) is 0 Å². The first kappa shape index (κ1) is 16.9. The number of carbonyl (C=O) groups excluding carboxylic acids is 1. The van der Waals surface area contributed by atoms with E-state index in [9.17, 15) is 9.59 Å². The molecule has 0 saturated heterocycles. The number of amides is 1. The molecule has 0 fully saturated rings. The molecule has 2 heterocycles. The first-order chi connectivity index (χ1) is 12.2. The number of nitrogens with zero attached hydrogens (tertiary/aromatic N) is 2. The van der Waals surface area contributed by atoms with E-state index in [4.69, 9.17) is 4.74 Å². The third kappa shape index (κ3) is 3.75. The molecule has 3 aromatic rings. The lowest BCUT2D eigenvalue weighted by Crippen LogP contribution is -2.30. The summed E-state index contributed by atoms with van der Waals surface area (Å²) in [6.07, 6.45) is 3.28. The van der Waals surface area contributed by atoms with Crippen LogP contribution in [0.2, 0.25) is 0 Å². The predicted molar refractivity (Wildman–Crippen MR) is 95.8 cm³/mol. The van der Waals surface area contributed by atoms with E-state index in [-0.39, 0.29) is 11.5 Å². The third-order valence-corrected chi connectivity index (χ3v) is 3.89. The van der Waals surface area contributed by atoms with Gasteiger partial charge in [-0.3, -0.25) is 14.6 Å². The average Bonchev–Trinajstić information content (AvgIpc) is 2.65. The summed E-state index contributed by atoms with van der Waals surface area (Å²) < 4.78 is 6.48. The van der Waals surface area contributed by atoms with Crippen molar-refractivity contribution < 1.29 is 9.53 Å².